The summed E-state index contributed by atoms with van der Waals surface area (Å²) < 4.78 is 11.4. The quantitative estimate of drug-likeness (QED) is 0.513. The van der Waals surface area contributed by atoms with E-state index in [1.807, 2.05) is 12.1 Å². The topological polar surface area (TPSA) is 67.9 Å². The molecule has 1 aliphatic carbocycles. The molecule has 1 N–H and O–H groups in total. The number of likely N-dealkylation sites (tertiary alicyclic amines) is 1. The van der Waals surface area contributed by atoms with Crippen LogP contribution in [0.2, 0.25) is 4.34 Å². The van der Waals surface area contributed by atoms with Crippen molar-refractivity contribution in [1.82, 2.24) is 10.2 Å². The number of rotatable bonds is 7. The summed E-state index contributed by atoms with van der Waals surface area (Å²) in [6, 6.07) is 9.25. The Labute approximate surface area is 209 Å². The van der Waals surface area contributed by atoms with Gasteiger partial charge in [-0.3, -0.25) is 9.59 Å². The first kappa shape index (κ1) is 23.6. The van der Waals surface area contributed by atoms with Gasteiger partial charge in [0.15, 0.2) is 17.3 Å². The number of nitrogens with one attached hydrogen (secondary N) is 1. The van der Waals surface area contributed by atoms with Crippen molar-refractivity contribution in [3.05, 3.63) is 45.1 Å². The molecule has 1 aromatic heterocycles. The van der Waals surface area contributed by atoms with Crippen molar-refractivity contribution in [2.24, 2.45) is 11.8 Å². The Morgan fingerprint density at radius 3 is 2.50 bits per heavy atom. The first-order valence-electron chi connectivity index (χ1n) is 12.3. The third-order valence-corrected chi connectivity index (χ3v) is 8.69. The van der Waals surface area contributed by atoms with Crippen molar-refractivity contribution in [1.29, 1.82) is 0 Å². The Balaban J connectivity index is 1.00. The monoisotopic (exact) mass is 502 g/mol. The first-order chi connectivity index (χ1) is 16.5. The Bertz CT molecular complexity index is 1030. The molecule has 0 atom stereocenters. The van der Waals surface area contributed by atoms with Crippen LogP contribution in [0.25, 0.3) is 0 Å². The molecule has 1 amide bonds. The molecule has 6 nitrogen and oxygen atoms in total. The molecule has 0 bridgehead atoms. The van der Waals surface area contributed by atoms with Gasteiger partial charge in [0.1, 0.15) is 0 Å². The third-order valence-electron chi connectivity index (χ3n) is 7.44. The van der Waals surface area contributed by atoms with Crippen LogP contribution >= 0.6 is 22.9 Å². The molecule has 0 spiro atoms. The zero-order valence-corrected chi connectivity index (χ0v) is 20.8. The number of carbonyl (C=O) groups is 2. The highest BCUT2D eigenvalue weighted by atomic mass is 35.5. The van der Waals surface area contributed by atoms with Crippen molar-refractivity contribution in [3.8, 4) is 11.5 Å². The van der Waals surface area contributed by atoms with Crippen molar-refractivity contribution in [2.75, 3.05) is 26.4 Å². The molecule has 3 heterocycles. The van der Waals surface area contributed by atoms with Gasteiger partial charge in [0, 0.05) is 17.5 Å². The van der Waals surface area contributed by atoms with E-state index in [-0.39, 0.29) is 30.4 Å². The summed E-state index contributed by atoms with van der Waals surface area (Å²) in [6.45, 7) is 3.31. The second-order valence-electron chi connectivity index (χ2n) is 9.63. The van der Waals surface area contributed by atoms with Crippen LogP contribution in [-0.2, 0) is 0 Å². The Hall–Kier alpha value is -2.09. The standard InChI is InChI=1S/C26H31ClN2O4S/c27-24-8-7-23(34-24)25(30)18-10-13-29(14-11-18)12-9-17-1-4-20(5-2-17)28-26(31)19-3-6-21-22(15-19)33-16-32-21/h3,6-8,15,17-18,20H,1-2,4-5,9-14,16H2,(H,28,31). The molecule has 34 heavy (non-hydrogen) atoms. The number of piperidine rings is 1. The van der Waals surface area contributed by atoms with E-state index < -0.39 is 0 Å². The summed E-state index contributed by atoms with van der Waals surface area (Å²) in [5, 5.41) is 3.20. The Morgan fingerprint density at radius 1 is 1.00 bits per heavy atom. The zero-order valence-electron chi connectivity index (χ0n) is 19.3. The number of ether oxygens (including phenoxy) is 2. The van der Waals surface area contributed by atoms with Crippen LogP contribution in [0.15, 0.2) is 30.3 Å². The number of fused-ring (bicyclic) bond motifs is 1. The predicted octanol–water partition coefficient (Wildman–Crippen LogP) is 5.40. The van der Waals surface area contributed by atoms with Gasteiger partial charge in [0.05, 0.1) is 9.21 Å². The summed E-state index contributed by atoms with van der Waals surface area (Å²) in [5.74, 6) is 2.41. The molecule has 182 valence electrons. The smallest absolute Gasteiger partial charge is 0.251 e. The number of benzene rings is 1. The number of Topliss-reactive ketones (excluding diaryl/α,β-unsaturated/α-hetero) is 1. The van der Waals surface area contributed by atoms with Gasteiger partial charge in [-0.1, -0.05) is 11.6 Å². The van der Waals surface area contributed by atoms with Crippen molar-refractivity contribution in [2.45, 2.75) is 51.0 Å². The molecule has 5 rings (SSSR count). The molecule has 8 heteroatoms. The number of halogens is 1. The molecule has 1 saturated heterocycles. The molecule has 0 unspecified atom stereocenters. The first-order valence-corrected chi connectivity index (χ1v) is 13.5. The van der Waals surface area contributed by atoms with Gasteiger partial charge in [0.2, 0.25) is 6.79 Å². The number of carbonyl (C=O) groups excluding carboxylic acids is 2. The number of hydrogen-bond donors (Lipinski definition) is 1. The Kier molecular flexibility index (Phi) is 7.42. The van der Waals surface area contributed by atoms with Crippen LogP contribution in [0.5, 0.6) is 11.5 Å². The summed E-state index contributed by atoms with van der Waals surface area (Å²) in [6.07, 6.45) is 7.43. The number of thiophene rings is 1. The lowest BCUT2D eigenvalue weighted by atomic mass is 9.83. The van der Waals surface area contributed by atoms with Gasteiger partial charge in [-0.25, -0.2) is 0 Å². The van der Waals surface area contributed by atoms with Gasteiger partial charge in [-0.05, 0) is 101 Å². The minimum atomic E-state index is -0.0380. The van der Waals surface area contributed by atoms with Crippen LogP contribution in [-0.4, -0.2) is 49.1 Å². The molecule has 2 aliphatic heterocycles. The molecule has 1 aromatic carbocycles. The zero-order chi connectivity index (χ0) is 23.5. The highest BCUT2D eigenvalue weighted by molar-refractivity contribution is 7.18. The Morgan fingerprint density at radius 2 is 1.76 bits per heavy atom. The molecule has 3 aliphatic rings. The lowest BCUT2D eigenvalue weighted by Crippen LogP contribution is -2.39. The minimum Gasteiger partial charge on any atom is -0.454 e. The van der Waals surface area contributed by atoms with Gasteiger partial charge in [-0.15, -0.1) is 11.3 Å². The second kappa shape index (κ2) is 10.7. The lowest BCUT2D eigenvalue weighted by Gasteiger charge is -2.34. The molecule has 0 radical (unpaired) electrons. The van der Waals surface area contributed by atoms with Gasteiger partial charge < -0.3 is 19.7 Å². The van der Waals surface area contributed by atoms with E-state index in [2.05, 4.69) is 10.2 Å². The molecular weight excluding hydrogens is 472 g/mol. The van der Waals surface area contributed by atoms with Gasteiger partial charge >= 0.3 is 0 Å². The molecule has 2 fully saturated rings. The summed E-state index contributed by atoms with van der Waals surface area (Å²) >= 11 is 7.38. The highest BCUT2D eigenvalue weighted by Crippen LogP contribution is 2.33. The lowest BCUT2D eigenvalue weighted by molar-refractivity contribution is 0.0836. The predicted molar refractivity (Wildman–Crippen MR) is 133 cm³/mol. The van der Waals surface area contributed by atoms with Crippen LogP contribution in [0, 0.1) is 11.8 Å². The van der Waals surface area contributed by atoms with E-state index in [4.69, 9.17) is 21.1 Å². The average molecular weight is 503 g/mol. The fourth-order valence-electron chi connectivity index (χ4n) is 5.33. The molecule has 2 aromatic rings. The summed E-state index contributed by atoms with van der Waals surface area (Å²) in [4.78, 5) is 28.6. The van der Waals surface area contributed by atoms with E-state index in [1.165, 1.54) is 17.8 Å². The number of nitrogens with zero attached hydrogens (tertiary/aromatic N) is 1. The van der Waals surface area contributed by atoms with Gasteiger partial charge in [0.25, 0.3) is 5.91 Å². The molecular formula is C26H31ClN2O4S. The fraction of sp³-hybridized carbons (Fsp3) is 0.538. The van der Waals surface area contributed by atoms with E-state index in [1.54, 1.807) is 18.2 Å². The largest absolute Gasteiger partial charge is 0.454 e. The van der Waals surface area contributed by atoms with E-state index in [9.17, 15) is 9.59 Å². The minimum absolute atomic E-state index is 0.0380. The third kappa shape index (κ3) is 5.58. The number of ketones is 1. The maximum atomic E-state index is 12.7. The van der Waals surface area contributed by atoms with Crippen LogP contribution < -0.4 is 14.8 Å². The van der Waals surface area contributed by atoms with Crippen molar-refractivity contribution >= 4 is 34.6 Å². The SMILES string of the molecule is O=C(NC1CCC(CCN2CCC(C(=O)c3ccc(Cl)s3)CC2)CC1)c1ccc2c(c1)OCO2. The van der Waals surface area contributed by atoms with Crippen molar-refractivity contribution < 1.29 is 19.1 Å². The summed E-state index contributed by atoms with van der Waals surface area (Å²) in [5.41, 5.74) is 0.621. The normalized spacial score (nSPS) is 23.1. The second-order valence-corrected chi connectivity index (χ2v) is 11.3. The highest BCUT2D eigenvalue weighted by Gasteiger charge is 2.28. The van der Waals surface area contributed by atoms with E-state index in [0.717, 1.165) is 63.0 Å². The molecule has 1 saturated carbocycles. The maximum absolute atomic E-state index is 12.7. The van der Waals surface area contributed by atoms with Crippen LogP contribution in [0.4, 0.5) is 0 Å². The van der Waals surface area contributed by atoms with Crippen LogP contribution in [0.1, 0.15) is 65.0 Å². The maximum Gasteiger partial charge on any atom is 0.251 e. The fourth-order valence-corrected chi connectivity index (χ4v) is 6.40. The number of amides is 1. The average Bonchev–Trinajstić information content (AvgIpc) is 3.52. The number of hydrogen-bond acceptors (Lipinski definition) is 6. The van der Waals surface area contributed by atoms with E-state index in [0.29, 0.717) is 27.3 Å². The van der Waals surface area contributed by atoms with Crippen LogP contribution in [0.3, 0.4) is 0 Å². The van der Waals surface area contributed by atoms with Gasteiger partial charge in [-0.2, -0.15) is 0 Å². The van der Waals surface area contributed by atoms with Crippen molar-refractivity contribution in [3.63, 3.8) is 0 Å². The summed E-state index contributed by atoms with van der Waals surface area (Å²) in [7, 11) is 0. The van der Waals surface area contributed by atoms with E-state index >= 15 is 0 Å².